The Kier molecular flexibility index (Phi) is 4.50. The van der Waals surface area contributed by atoms with Crippen molar-refractivity contribution in [3.8, 4) is 0 Å². The van der Waals surface area contributed by atoms with Crippen molar-refractivity contribution in [3.05, 3.63) is 64.7 Å². The second kappa shape index (κ2) is 6.34. The molecule has 0 unspecified atom stereocenters. The Hall–Kier alpha value is -2.76. The van der Waals surface area contributed by atoms with Gasteiger partial charge < -0.3 is 5.32 Å². The molecule has 0 aromatic heterocycles. The Bertz CT molecular complexity index is 725. The van der Waals surface area contributed by atoms with Crippen molar-refractivity contribution in [3.63, 3.8) is 0 Å². The third-order valence-electron chi connectivity index (χ3n) is 3.18. The molecule has 4 nitrogen and oxygen atoms in total. The Balaban J connectivity index is 2.08. The summed E-state index contributed by atoms with van der Waals surface area (Å²) in [6, 6.07) is 7.35. The zero-order valence-electron chi connectivity index (χ0n) is 12.0. The molecule has 2 aromatic rings. The summed E-state index contributed by atoms with van der Waals surface area (Å²) in [6.07, 6.45) is 0. The number of aryl methyl sites for hydroxylation is 2. The van der Waals surface area contributed by atoms with Crippen LogP contribution in [-0.4, -0.2) is 11.9 Å². The van der Waals surface area contributed by atoms with Crippen molar-refractivity contribution < 1.29 is 18.4 Å². The van der Waals surface area contributed by atoms with E-state index in [1.165, 1.54) is 0 Å². The lowest BCUT2D eigenvalue weighted by molar-refractivity contribution is 0.0959. The van der Waals surface area contributed by atoms with E-state index in [9.17, 15) is 18.4 Å². The number of hydrogen-bond donors (Lipinski definition) is 2. The van der Waals surface area contributed by atoms with E-state index in [1.54, 1.807) is 12.1 Å². The third kappa shape index (κ3) is 3.46. The molecule has 0 radical (unpaired) electrons. The van der Waals surface area contributed by atoms with Gasteiger partial charge in [0.2, 0.25) is 0 Å². The van der Waals surface area contributed by atoms with Crippen molar-refractivity contribution in [1.82, 2.24) is 5.32 Å². The van der Waals surface area contributed by atoms with Gasteiger partial charge in [0.25, 0.3) is 5.91 Å². The van der Waals surface area contributed by atoms with Crippen molar-refractivity contribution in [1.29, 1.82) is 0 Å². The average Bonchev–Trinajstić information content (AvgIpc) is 2.42. The molecule has 0 atom stereocenters. The van der Waals surface area contributed by atoms with Crippen LogP contribution in [0.4, 0.5) is 19.3 Å². The van der Waals surface area contributed by atoms with Gasteiger partial charge in [0.1, 0.15) is 17.2 Å². The molecular weight excluding hydrogens is 290 g/mol. The fourth-order valence-electron chi connectivity index (χ4n) is 1.86. The molecule has 0 bridgehead atoms. The van der Waals surface area contributed by atoms with Gasteiger partial charge in [-0.15, -0.1) is 0 Å². The zero-order valence-corrected chi connectivity index (χ0v) is 12.0. The molecule has 0 heterocycles. The van der Waals surface area contributed by atoms with Gasteiger partial charge in [-0.05, 0) is 49.2 Å². The summed E-state index contributed by atoms with van der Waals surface area (Å²) in [4.78, 5) is 23.5. The molecule has 2 N–H and O–H groups in total. The Morgan fingerprint density at radius 1 is 0.955 bits per heavy atom. The number of amides is 3. The maximum atomic E-state index is 13.4. The largest absolute Gasteiger partial charge is 0.326 e. The van der Waals surface area contributed by atoms with E-state index in [-0.39, 0.29) is 0 Å². The van der Waals surface area contributed by atoms with Crippen LogP contribution in [0.1, 0.15) is 21.5 Å². The lowest BCUT2D eigenvalue weighted by Gasteiger charge is -2.09. The molecule has 2 aromatic carbocycles. The monoisotopic (exact) mass is 304 g/mol. The van der Waals surface area contributed by atoms with Gasteiger partial charge in [-0.2, -0.15) is 0 Å². The van der Waals surface area contributed by atoms with E-state index in [1.807, 2.05) is 25.2 Å². The minimum Gasteiger partial charge on any atom is -0.308 e. The lowest BCUT2D eigenvalue weighted by Crippen LogP contribution is -2.35. The molecular formula is C16H14F2N2O2. The normalized spacial score (nSPS) is 10.2. The Morgan fingerprint density at radius 2 is 1.59 bits per heavy atom. The summed E-state index contributed by atoms with van der Waals surface area (Å²) < 4.78 is 26.9. The predicted octanol–water partition coefficient (Wildman–Crippen LogP) is 3.54. The van der Waals surface area contributed by atoms with Crippen LogP contribution in [-0.2, 0) is 0 Å². The van der Waals surface area contributed by atoms with Gasteiger partial charge in [0.05, 0.1) is 0 Å². The smallest absolute Gasteiger partial charge is 0.308 e. The number of carbonyl (C=O) groups excluding carboxylic acids is 2. The average molecular weight is 304 g/mol. The van der Waals surface area contributed by atoms with Gasteiger partial charge in [0.15, 0.2) is 0 Å². The molecule has 6 heteroatoms. The number of hydrogen-bond acceptors (Lipinski definition) is 2. The highest BCUT2D eigenvalue weighted by atomic mass is 19.1. The number of rotatable bonds is 2. The number of benzene rings is 2. The van der Waals surface area contributed by atoms with Crippen molar-refractivity contribution in [2.24, 2.45) is 0 Å². The van der Waals surface area contributed by atoms with Crippen LogP contribution < -0.4 is 10.6 Å². The number of halogens is 2. The van der Waals surface area contributed by atoms with Gasteiger partial charge in [-0.1, -0.05) is 12.1 Å². The second-order valence-electron chi connectivity index (χ2n) is 4.80. The topological polar surface area (TPSA) is 58.2 Å². The van der Waals surface area contributed by atoms with Crippen LogP contribution >= 0.6 is 0 Å². The fourth-order valence-corrected chi connectivity index (χ4v) is 1.86. The van der Waals surface area contributed by atoms with Crippen molar-refractivity contribution in [2.45, 2.75) is 13.8 Å². The first kappa shape index (κ1) is 15.6. The highest BCUT2D eigenvalue weighted by molar-refractivity contribution is 6.08. The molecule has 0 spiro atoms. The van der Waals surface area contributed by atoms with Gasteiger partial charge in [0, 0.05) is 5.69 Å². The summed E-state index contributed by atoms with van der Waals surface area (Å²) in [7, 11) is 0. The van der Waals surface area contributed by atoms with Crippen LogP contribution in [0, 0.1) is 25.5 Å². The highest BCUT2D eigenvalue weighted by Crippen LogP contribution is 2.14. The standard InChI is InChI=1S/C16H14F2N2O2/c1-9-6-7-11(8-10(9)2)19-16(22)20-15(21)14-12(17)4-3-5-13(14)18/h3-8H,1-2H3,(H2,19,20,21,22). The van der Waals surface area contributed by atoms with Crippen LogP contribution in [0.25, 0.3) is 0 Å². The maximum absolute atomic E-state index is 13.4. The van der Waals surface area contributed by atoms with Crippen molar-refractivity contribution in [2.75, 3.05) is 5.32 Å². The number of urea groups is 1. The SMILES string of the molecule is Cc1ccc(NC(=O)NC(=O)c2c(F)cccc2F)cc1C. The number of anilines is 1. The Labute approximate surface area is 126 Å². The number of nitrogens with one attached hydrogen (secondary N) is 2. The third-order valence-corrected chi connectivity index (χ3v) is 3.18. The van der Waals surface area contributed by atoms with Gasteiger partial charge in [-0.25, -0.2) is 13.6 Å². The second-order valence-corrected chi connectivity index (χ2v) is 4.80. The molecule has 114 valence electrons. The number of imide groups is 1. The van der Waals surface area contributed by atoms with Gasteiger partial charge in [-0.3, -0.25) is 10.1 Å². The summed E-state index contributed by atoms with van der Waals surface area (Å²) in [5, 5.41) is 4.33. The minimum atomic E-state index is -1.14. The summed E-state index contributed by atoms with van der Waals surface area (Å²) in [5.41, 5.74) is 1.69. The molecule has 0 fully saturated rings. The number of carbonyl (C=O) groups is 2. The van der Waals surface area contributed by atoms with Crippen LogP contribution in [0.3, 0.4) is 0 Å². The summed E-state index contributed by atoms with van der Waals surface area (Å²) >= 11 is 0. The molecule has 22 heavy (non-hydrogen) atoms. The summed E-state index contributed by atoms with van der Waals surface area (Å²) in [6.45, 7) is 3.79. The summed E-state index contributed by atoms with van der Waals surface area (Å²) in [5.74, 6) is -3.20. The quantitative estimate of drug-likeness (QED) is 0.891. The minimum absolute atomic E-state index is 0.474. The first-order valence-electron chi connectivity index (χ1n) is 6.52. The van der Waals surface area contributed by atoms with E-state index in [4.69, 9.17) is 0 Å². The van der Waals surface area contributed by atoms with Crippen molar-refractivity contribution >= 4 is 17.6 Å². The van der Waals surface area contributed by atoms with E-state index in [0.717, 1.165) is 29.3 Å². The molecule has 0 aliphatic carbocycles. The molecule has 0 saturated heterocycles. The van der Waals surface area contributed by atoms with E-state index >= 15 is 0 Å². The zero-order chi connectivity index (χ0) is 16.3. The highest BCUT2D eigenvalue weighted by Gasteiger charge is 2.19. The first-order valence-corrected chi connectivity index (χ1v) is 6.52. The van der Waals surface area contributed by atoms with Crippen LogP contribution in [0.2, 0.25) is 0 Å². The van der Waals surface area contributed by atoms with E-state index < -0.39 is 29.1 Å². The fraction of sp³-hybridized carbons (Fsp3) is 0.125. The Morgan fingerprint density at radius 3 is 2.18 bits per heavy atom. The van der Waals surface area contributed by atoms with Crippen LogP contribution in [0.15, 0.2) is 36.4 Å². The molecule has 0 aliphatic rings. The van der Waals surface area contributed by atoms with Gasteiger partial charge >= 0.3 is 6.03 Å². The van der Waals surface area contributed by atoms with E-state index in [0.29, 0.717) is 5.69 Å². The lowest BCUT2D eigenvalue weighted by atomic mass is 10.1. The molecule has 0 aliphatic heterocycles. The first-order chi connectivity index (χ1) is 10.4. The molecule has 2 rings (SSSR count). The predicted molar refractivity (Wildman–Crippen MR) is 78.8 cm³/mol. The molecule has 0 saturated carbocycles. The molecule has 3 amide bonds. The maximum Gasteiger partial charge on any atom is 0.326 e. The van der Waals surface area contributed by atoms with Crippen LogP contribution in [0.5, 0.6) is 0 Å². The van der Waals surface area contributed by atoms with E-state index in [2.05, 4.69) is 5.32 Å².